The highest BCUT2D eigenvalue weighted by molar-refractivity contribution is 6.12. The Kier molecular flexibility index (Phi) is 7.62. The molecule has 0 atom stereocenters. The topological polar surface area (TPSA) is 147 Å². The second kappa shape index (κ2) is 11.3. The van der Waals surface area contributed by atoms with Crippen molar-refractivity contribution in [1.29, 1.82) is 0 Å². The number of carboxylic acid groups (broad SMARTS) is 1. The van der Waals surface area contributed by atoms with Crippen LogP contribution in [0.3, 0.4) is 0 Å². The largest absolute Gasteiger partial charge is 0.463 e. The van der Waals surface area contributed by atoms with Gasteiger partial charge in [0.15, 0.2) is 5.69 Å². The molecule has 0 unspecified atom stereocenters. The average Bonchev–Trinajstić information content (AvgIpc) is 3.36. The summed E-state index contributed by atoms with van der Waals surface area (Å²) in [5.74, 6) is -0.699. The third-order valence-corrected chi connectivity index (χ3v) is 6.70. The summed E-state index contributed by atoms with van der Waals surface area (Å²) >= 11 is 0. The van der Waals surface area contributed by atoms with Crippen LogP contribution in [-0.2, 0) is 4.74 Å². The molecule has 0 saturated carbocycles. The first-order valence-corrected chi connectivity index (χ1v) is 13.4. The van der Waals surface area contributed by atoms with Gasteiger partial charge in [-0.3, -0.25) is 14.6 Å². The Morgan fingerprint density at radius 2 is 1.48 bits per heavy atom. The molecule has 2 aromatic heterocycles. The Morgan fingerprint density at radius 3 is 2.10 bits per heavy atom. The minimum absolute atomic E-state index is 0.0385. The van der Waals surface area contributed by atoms with Crippen LogP contribution in [-0.4, -0.2) is 85.5 Å². The molecule has 3 heterocycles. The van der Waals surface area contributed by atoms with Crippen LogP contribution < -0.4 is 5.32 Å². The summed E-state index contributed by atoms with van der Waals surface area (Å²) in [5.41, 5.74) is 2.13. The minimum atomic E-state index is -1.31. The lowest BCUT2D eigenvalue weighted by Crippen LogP contribution is -2.51. The molecular weight excluding hydrogens is 540 g/mol. The fraction of sp³-hybridized carbons (Fsp3) is 0.267. The number of anilines is 1. The van der Waals surface area contributed by atoms with Gasteiger partial charge in [-0.2, -0.15) is 9.78 Å². The van der Waals surface area contributed by atoms with Gasteiger partial charge in [-0.1, -0.05) is 18.2 Å². The first-order chi connectivity index (χ1) is 20.0. The SMILES string of the molecule is CC(C)(C)OC(=O)N1CCN(C(=O)c2ccc(-c3ccc4c(c3)c(C(=O)Nc3ccncc3)nn4C(=O)O)cc2)CC1. The lowest BCUT2D eigenvalue weighted by atomic mass is 10.0. The van der Waals surface area contributed by atoms with Crippen molar-refractivity contribution in [1.82, 2.24) is 24.6 Å². The van der Waals surface area contributed by atoms with Crippen LogP contribution in [0, 0.1) is 0 Å². The third-order valence-electron chi connectivity index (χ3n) is 6.70. The summed E-state index contributed by atoms with van der Waals surface area (Å²) in [6, 6.07) is 15.3. The number of nitrogens with one attached hydrogen (secondary N) is 1. The van der Waals surface area contributed by atoms with E-state index in [1.807, 2.05) is 20.8 Å². The van der Waals surface area contributed by atoms with E-state index < -0.39 is 17.6 Å². The number of hydrogen-bond donors (Lipinski definition) is 2. The van der Waals surface area contributed by atoms with Crippen molar-refractivity contribution in [2.24, 2.45) is 0 Å². The third kappa shape index (κ3) is 6.07. The molecule has 0 aliphatic carbocycles. The monoisotopic (exact) mass is 570 g/mol. The zero-order valence-corrected chi connectivity index (χ0v) is 23.4. The summed E-state index contributed by atoms with van der Waals surface area (Å²) in [6.07, 6.45) is 1.36. The number of hydrogen-bond acceptors (Lipinski definition) is 7. The van der Waals surface area contributed by atoms with Crippen molar-refractivity contribution in [2.75, 3.05) is 31.5 Å². The quantitative estimate of drug-likeness (QED) is 0.363. The van der Waals surface area contributed by atoms with Gasteiger partial charge in [-0.05, 0) is 68.3 Å². The van der Waals surface area contributed by atoms with Gasteiger partial charge in [0, 0.05) is 55.2 Å². The van der Waals surface area contributed by atoms with E-state index in [0.717, 1.165) is 15.8 Å². The van der Waals surface area contributed by atoms with E-state index in [-0.39, 0.29) is 23.2 Å². The van der Waals surface area contributed by atoms with E-state index in [2.05, 4.69) is 15.4 Å². The van der Waals surface area contributed by atoms with Crippen molar-refractivity contribution >= 4 is 40.6 Å². The van der Waals surface area contributed by atoms with Crippen LogP contribution in [0.5, 0.6) is 0 Å². The van der Waals surface area contributed by atoms with E-state index in [1.54, 1.807) is 64.4 Å². The normalized spacial score (nSPS) is 13.6. The van der Waals surface area contributed by atoms with Crippen molar-refractivity contribution in [3.8, 4) is 11.1 Å². The molecule has 216 valence electrons. The highest BCUT2D eigenvalue weighted by Crippen LogP contribution is 2.28. The molecular formula is C30H30N6O6. The van der Waals surface area contributed by atoms with Crippen LogP contribution in [0.25, 0.3) is 22.0 Å². The maximum absolute atomic E-state index is 13.1. The molecule has 0 spiro atoms. The number of amides is 3. The Morgan fingerprint density at radius 1 is 0.857 bits per heavy atom. The number of carbonyl (C=O) groups excluding carboxylic acids is 3. The number of rotatable bonds is 4. The predicted octanol–water partition coefficient (Wildman–Crippen LogP) is 4.57. The number of benzene rings is 2. The fourth-order valence-corrected chi connectivity index (χ4v) is 4.64. The number of piperazine rings is 1. The molecule has 0 radical (unpaired) electrons. The number of ether oxygens (including phenoxy) is 1. The van der Waals surface area contributed by atoms with Crippen LogP contribution in [0.15, 0.2) is 67.0 Å². The molecule has 3 amide bonds. The first-order valence-electron chi connectivity index (χ1n) is 13.4. The standard InChI is InChI=1S/C30H30N6O6/c1-30(2,3)42-29(41)35-16-14-34(15-17-35)27(38)20-6-4-19(5-7-20)21-8-9-24-23(18-21)25(33-36(24)28(39)40)26(37)32-22-10-12-31-13-11-22/h4-13,18H,14-17H2,1-3H3,(H,39,40)(H,31,32,37). The molecule has 5 rings (SSSR count). The van der Waals surface area contributed by atoms with Gasteiger partial charge >= 0.3 is 12.2 Å². The maximum atomic E-state index is 13.1. The van der Waals surface area contributed by atoms with Crippen molar-refractivity contribution in [3.05, 3.63) is 78.2 Å². The number of aromatic nitrogens is 3. The van der Waals surface area contributed by atoms with Gasteiger partial charge in [-0.25, -0.2) is 9.59 Å². The molecule has 0 bridgehead atoms. The summed E-state index contributed by atoms with van der Waals surface area (Å²) in [4.78, 5) is 57.5. The van der Waals surface area contributed by atoms with Crippen molar-refractivity contribution in [2.45, 2.75) is 26.4 Å². The number of fused-ring (bicyclic) bond motifs is 1. The van der Waals surface area contributed by atoms with Crippen LogP contribution in [0.1, 0.15) is 41.6 Å². The van der Waals surface area contributed by atoms with Gasteiger partial charge < -0.3 is 25.0 Å². The molecule has 1 fully saturated rings. The van der Waals surface area contributed by atoms with Gasteiger partial charge in [0.2, 0.25) is 0 Å². The van der Waals surface area contributed by atoms with Crippen molar-refractivity contribution in [3.63, 3.8) is 0 Å². The molecule has 1 aliphatic rings. The van der Waals surface area contributed by atoms with Gasteiger partial charge in [0.25, 0.3) is 11.8 Å². The maximum Gasteiger partial charge on any atom is 0.432 e. The molecule has 2 N–H and O–H groups in total. The second-order valence-electron chi connectivity index (χ2n) is 10.8. The van der Waals surface area contributed by atoms with Gasteiger partial charge in [-0.15, -0.1) is 0 Å². The molecule has 12 heteroatoms. The van der Waals surface area contributed by atoms with Crippen molar-refractivity contribution < 1.29 is 29.0 Å². The van der Waals surface area contributed by atoms with Gasteiger partial charge in [0.1, 0.15) is 5.60 Å². The Balaban J connectivity index is 1.33. The Labute approximate surface area is 241 Å². The highest BCUT2D eigenvalue weighted by atomic mass is 16.6. The lowest BCUT2D eigenvalue weighted by Gasteiger charge is -2.35. The summed E-state index contributed by atoms with van der Waals surface area (Å²) in [7, 11) is 0. The number of pyridine rings is 1. The first kappa shape index (κ1) is 28.3. The van der Waals surface area contributed by atoms with E-state index >= 15 is 0 Å². The molecule has 42 heavy (non-hydrogen) atoms. The molecule has 2 aromatic carbocycles. The smallest absolute Gasteiger partial charge is 0.432 e. The fourth-order valence-electron chi connectivity index (χ4n) is 4.64. The van der Waals surface area contributed by atoms with E-state index in [0.29, 0.717) is 42.8 Å². The number of carbonyl (C=O) groups is 4. The van der Waals surface area contributed by atoms with Crippen LogP contribution in [0.4, 0.5) is 15.3 Å². The van der Waals surface area contributed by atoms with E-state index in [1.165, 1.54) is 12.4 Å². The molecule has 1 aliphatic heterocycles. The number of nitrogens with zero attached hydrogens (tertiary/aromatic N) is 5. The zero-order chi connectivity index (χ0) is 30.0. The van der Waals surface area contributed by atoms with Crippen LogP contribution >= 0.6 is 0 Å². The Hall–Kier alpha value is -5.26. The lowest BCUT2D eigenvalue weighted by molar-refractivity contribution is 0.0141. The summed E-state index contributed by atoms with van der Waals surface area (Å²) in [5, 5.41) is 16.8. The van der Waals surface area contributed by atoms with Gasteiger partial charge in [0.05, 0.1) is 5.52 Å². The highest BCUT2D eigenvalue weighted by Gasteiger charge is 2.28. The minimum Gasteiger partial charge on any atom is -0.463 e. The summed E-state index contributed by atoms with van der Waals surface area (Å²) in [6.45, 7) is 7.02. The molecule has 12 nitrogen and oxygen atoms in total. The Bertz CT molecular complexity index is 1650. The average molecular weight is 571 g/mol. The molecule has 4 aromatic rings. The van der Waals surface area contributed by atoms with Crippen LogP contribution in [0.2, 0.25) is 0 Å². The zero-order valence-electron chi connectivity index (χ0n) is 23.4. The predicted molar refractivity (Wildman–Crippen MR) is 154 cm³/mol. The summed E-state index contributed by atoms with van der Waals surface area (Å²) < 4.78 is 6.19. The van der Waals surface area contributed by atoms with E-state index in [4.69, 9.17) is 4.74 Å². The second-order valence-corrected chi connectivity index (χ2v) is 10.8. The molecule has 1 saturated heterocycles. The van der Waals surface area contributed by atoms with E-state index in [9.17, 15) is 24.3 Å².